The lowest BCUT2D eigenvalue weighted by atomic mass is 9.87. The first kappa shape index (κ1) is 22.9. The SMILES string of the molecule is COc1c(Br)cc(Br)cc1C(=O)NC(=S)Nc1cc(C(C)(C)C)cc(Cl)c1O. The summed E-state index contributed by atoms with van der Waals surface area (Å²) in [7, 11) is 1.47. The van der Waals surface area contributed by atoms with Gasteiger partial charge in [-0.05, 0) is 63.4 Å². The molecule has 0 spiro atoms. The Morgan fingerprint density at radius 2 is 1.86 bits per heavy atom. The molecule has 2 aromatic rings. The highest BCUT2D eigenvalue weighted by molar-refractivity contribution is 9.11. The highest BCUT2D eigenvalue weighted by Crippen LogP contribution is 2.37. The number of nitrogens with one attached hydrogen (secondary N) is 2. The lowest BCUT2D eigenvalue weighted by molar-refractivity contribution is 0.0974. The van der Waals surface area contributed by atoms with Crippen LogP contribution in [0.1, 0.15) is 36.7 Å². The van der Waals surface area contributed by atoms with Crippen molar-refractivity contribution >= 4 is 72.4 Å². The van der Waals surface area contributed by atoms with Crippen LogP contribution in [-0.4, -0.2) is 23.2 Å². The molecule has 1 amide bonds. The van der Waals surface area contributed by atoms with Gasteiger partial charge in [-0.15, -0.1) is 0 Å². The minimum atomic E-state index is -0.464. The van der Waals surface area contributed by atoms with Gasteiger partial charge in [-0.1, -0.05) is 48.3 Å². The summed E-state index contributed by atoms with van der Waals surface area (Å²) in [6.07, 6.45) is 0. The van der Waals surface area contributed by atoms with E-state index < -0.39 is 5.91 Å². The van der Waals surface area contributed by atoms with Crippen LogP contribution in [0.3, 0.4) is 0 Å². The molecule has 2 rings (SSSR count). The lowest BCUT2D eigenvalue weighted by Gasteiger charge is -2.22. The van der Waals surface area contributed by atoms with Crippen molar-refractivity contribution in [3.05, 3.63) is 49.4 Å². The molecule has 150 valence electrons. The summed E-state index contributed by atoms with van der Waals surface area (Å²) in [4.78, 5) is 12.7. The van der Waals surface area contributed by atoms with E-state index in [9.17, 15) is 9.90 Å². The molecule has 0 atom stereocenters. The van der Waals surface area contributed by atoms with E-state index in [0.717, 1.165) is 5.56 Å². The second kappa shape index (κ2) is 8.98. The topological polar surface area (TPSA) is 70.6 Å². The molecule has 0 heterocycles. The van der Waals surface area contributed by atoms with Gasteiger partial charge in [-0.25, -0.2) is 0 Å². The molecule has 0 saturated carbocycles. The van der Waals surface area contributed by atoms with Crippen LogP contribution >= 0.6 is 55.7 Å². The number of rotatable bonds is 3. The smallest absolute Gasteiger partial charge is 0.261 e. The summed E-state index contributed by atoms with van der Waals surface area (Å²) in [5.74, 6) is -0.230. The molecule has 0 fully saturated rings. The number of aromatic hydroxyl groups is 1. The minimum Gasteiger partial charge on any atom is -0.504 e. The number of halogens is 3. The Morgan fingerprint density at radius 1 is 1.21 bits per heavy atom. The average molecular weight is 551 g/mol. The molecular weight excluding hydrogens is 532 g/mol. The number of thiocarbonyl (C=S) groups is 1. The fourth-order valence-corrected chi connectivity index (χ4v) is 4.20. The van der Waals surface area contributed by atoms with Crippen molar-refractivity contribution in [2.45, 2.75) is 26.2 Å². The number of benzene rings is 2. The molecule has 3 N–H and O–H groups in total. The predicted molar refractivity (Wildman–Crippen MR) is 124 cm³/mol. The monoisotopic (exact) mass is 548 g/mol. The molecule has 28 heavy (non-hydrogen) atoms. The van der Waals surface area contributed by atoms with E-state index in [2.05, 4.69) is 42.5 Å². The van der Waals surface area contributed by atoms with E-state index >= 15 is 0 Å². The summed E-state index contributed by atoms with van der Waals surface area (Å²) in [5, 5.41) is 15.9. The van der Waals surface area contributed by atoms with Crippen molar-refractivity contribution < 1.29 is 14.6 Å². The first-order chi connectivity index (χ1) is 12.9. The average Bonchev–Trinajstić information content (AvgIpc) is 2.57. The number of anilines is 1. The summed E-state index contributed by atoms with van der Waals surface area (Å²) in [6, 6.07) is 6.84. The molecule has 5 nitrogen and oxygen atoms in total. The van der Waals surface area contributed by atoms with E-state index in [1.54, 1.807) is 24.3 Å². The van der Waals surface area contributed by atoms with Crippen LogP contribution in [0.25, 0.3) is 0 Å². The van der Waals surface area contributed by atoms with Gasteiger partial charge < -0.3 is 15.2 Å². The van der Waals surface area contributed by atoms with E-state index in [1.165, 1.54) is 7.11 Å². The van der Waals surface area contributed by atoms with Gasteiger partial charge in [-0.3, -0.25) is 10.1 Å². The number of hydrogen-bond acceptors (Lipinski definition) is 4. The number of phenols is 1. The Morgan fingerprint density at radius 3 is 2.43 bits per heavy atom. The van der Waals surface area contributed by atoms with Gasteiger partial charge in [0.2, 0.25) is 0 Å². The van der Waals surface area contributed by atoms with Gasteiger partial charge >= 0.3 is 0 Å². The first-order valence-electron chi connectivity index (χ1n) is 8.12. The number of hydrogen-bond donors (Lipinski definition) is 3. The zero-order valence-electron chi connectivity index (χ0n) is 15.6. The largest absolute Gasteiger partial charge is 0.504 e. The maximum Gasteiger partial charge on any atom is 0.261 e. The lowest BCUT2D eigenvalue weighted by Crippen LogP contribution is -2.34. The Hall–Kier alpha value is -1.35. The molecule has 0 unspecified atom stereocenters. The van der Waals surface area contributed by atoms with Crippen LogP contribution in [0.2, 0.25) is 5.02 Å². The third-order valence-corrected chi connectivity index (χ3v) is 5.40. The second-order valence-corrected chi connectivity index (χ2v) is 9.57. The zero-order valence-corrected chi connectivity index (χ0v) is 20.4. The zero-order chi connectivity index (χ0) is 21.2. The molecule has 0 aliphatic carbocycles. The number of carbonyl (C=O) groups is 1. The van der Waals surface area contributed by atoms with Crippen LogP contribution in [-0.2, 0) is 5.41 Å². The molecule has 9 heteroatoms. The number of methoxy groups -OCH3 is 1. The Labute approximate surface area is 191 Å². The molecule has 0 saturated heterocycles. The highest BCUT2D eigenvalue weighted by Gasteiger charge is 2.20. The number of carbonyl (C=O) groups excluding carboxylic acids is 1. The fraction of sp³-hybridized carbons (Fsp3) is 0.263. The molecule has 0 radical (unpaired) electrons. The van der Waals surface area contributed by atoms with Crippen LogP contribution in [0.4, 0.5) is 5.69 Å². The molecule has 2 aromatic carbocycles. The minimum absolute atomic E-state index is 0.0144. The van der Waals surface area contributed by atoms with E-state index in [4.69, 9.17) is 28.6 Å². The summed E-state index contributed by atoms with van der Waals surface area (Å²) in [6.45, 7) is 6.07. The molecular formula is C19H19Br2ClN2O3S. The highest BCUT2D eigenvalue weighted by atomic mass is 79.9. The van der Waals surface area contributed by atoms with Gasteiger partial charge in [0, 0.05) is 4.47 Å². The fourth-order valence-electron chi connectivity index (χ4n) is 2.39. The number of amides is 1. The summed E-state index contributed by atoms with van der Waals surface area (Å²) in [5.41, 5.74) is 1.32. The molecule has 0 aromatic heterocycles. The van der Waals surface area contributed by atoms with Gasteiger partial charge in [0.05, 0.1) is 27.9 Å². The Kier molecular flexibility index (Phi) is 7.36. The molecule has 0 bridgehead atoms. The van der Waals surface area contributed by atoms with Gasteiger partial charge in [0.25, 0.3) is 5.91 Å². The van der Waals surface area contributed by atoms with Crippen molar-refractivity contribution in [2.75, 3.05) is 12.4 Å². The standard InChI is InChI=1S/C19H19Br2ClN2O3S/c1-19(2,3)9-5-13(22)15(25)14(6-9)23-18(28)24-17(26)11-7-10(20)8-12(21)16(11)27-4/h5-8,25H,1-4H3,(H2,23,24,26,28). The van der Waals surface area contributed by atoms with Crippen LogP contribution in [0, 0.1) is 0 Å². The van der Waals surface area contributed by atoms with Crippen LogP contribution in [0.15, 0.2) is 33.2 Å². The van der Waals surface area contributed by atoms with Gasteiger partial charge in [0.15, 0.2) is 10.9 Å². The first-order valence-corrected chi connectivity index (χ1v) is 10.5. The van der Waals surface area contributed by atoms with Crippen molar-refractivity contribution in [2.24, 2.45) is 0 Å². The quantitative estimate of drug-likeness (QED) is 0.323. The molecule has 0 aliphatic heterocycles. The van der Waals surface area contributed by atoms with Crippen molar-refractivity contribution in [1.82, 2.24) is 5.32 Å². The Bertz CT molecular complexity index is 946. The second-order valence-electron chi connectivity index (χ2n) is 6.98. The third-order valence-electron chi connectivity index (χ3n) is 3.86. The van der Waals surface area contributed by atoms with Gasteiger partial charge in [-0.2, -0.15) is 0 Å². The van der Waals surface area contributed by atoms with E-state index in [1.807, 2.05) is 20.8 Å². The van der Waals surface area contributed by atoms with Gasteiger partial charge in [0.1, 0.15) is 5.75 Å². The van der Waals surface area contributed by atoms with Crippen molar-refractivity contribution in [3.63, 3.8) is 0 Å². The Balaban J connectivity index is 2.26. The van der Waals surface area contributed by atoms with Crippen molar-refractivity contribution in [1.29, 1.82) is 0 Å². The third kappa shape index (κ3) is 5.37. The maximum atomic E-state index is 12.7. The number of ether oxygens (including phenoxy) is 1. The summed E-state index contributed by atoms with van der Waals surface area (Å²) >= 11 is 18.1. The number of phenolic OH excluding ortho intramolecular Hbond substituents is 1. The van der Waals surface area contributed by atoms with E-state index in [0.29, 0.717) is 25.9 Å². The van der Waals surface area contributed by atoms with Crippen molar-refractivity contribution in [3.8, 4) is 11.5 Å². The maximum absolute atomic E-state index is 12.7. The molecule has 0 aliphatic rings. The predicted octanol–water partition coefficient (Wildman–Crippen LogP) is 6.00. The van der Waals surface area contributed by atoms with Crippen LogP contribution < -0.4 is 15.4 Å². The normalized spacial score (nSPS) is 11.1. The van der Waals surface area contributed by atoms with E-state index in [-0.39, 0.29) is 21.3 Å². The summed E-state index contributed by atoms with van der Waals surface area (Å²) < 4.78 is 6.61. The van der Waals surface area contributed by atoms with Crippen LogP contribution in [0.5, 0.6) is 11.5 Å².